The summed E-state index contributed by atoms with van der Waals surface area (Å²) in [6.45, 7) is 0. The highest BCUT2D eigenvalue weighted by Crippen LogP contribution is 2.26. The van der Waals surface area contributed by atoms with Crippen molar-refractivity contribution < 1.29 is 20.1 Å². The first-order chi connectivity index (χ1) is 12.1. The van der Waals surface area contributed by atoms with Crippen molar-refractivity contribution >= 4 is 5.78 Å². The van der Waals surface area contributed by atoms with Gasteiger partial charge in [-0.1, -0.05) is 56.0 Å². The summed E-state index contributed by atoms with van der Waals surface area (Å²) in [5.41, 5.74) is 1.39. The van der Waals surface area contributed by atoms with Crippen LogP contribution in [0.1, 0.15) is 56.9 Å². The molecule has 0 bridgehead atoms. The van der Waals surface area contributed by atoms with Crippen LogP contribution in [-0.2, 0) is 11.2 Å². The van der Waals surface area contributed by atoms with E-state index in [1.54, 1.807) is 0 Å². The largest absolute Gasteiger partial charge is 0.512 e. The molecule has 2 rings (SSSR count). The van der Waals surface area contributed by atoms with E-state index in [0.29, 0.717) is 6.42 Å². The fourth-order valence-electron chi connectivity index (χ4n) is 3.49. The Bertz CT molecular complexity index is 552. The quantitative estimate of drug-likeness (QED) is 0.564. The van der Waals surface area contributed by atoms with E-state index in [0.717, 1.165) is 25.7 Å². The van der Waals surface area contributed by atoms with E-state index in [-0.39, 0.29) is 18.0 Å². The number of aliphatic hydroxyl groups excluding tert-OH is 3. The van der Waals surface area contributed by atoms with Gasteiger partial charge in [-0.25, -0.2) is 0 Å². The third-order valence-electron chi connectivity index (χ3n) is 4.92. The number of carbonyl (C=O) groups excluding carboxylic acids is 1. The van der Waals surface area contributed by atoms with Crippen molar-refractivity contribution in [3.63, 3.8) is 0 Å². The molecule has 0 radical (unpaired) electrons. The van der Waals surface area contributed by atoms with Gasteiger partial charge in [0.1, 0.15) is 5.78 Å². The summed E-state index contributed by atoms with van der Waals surface area (Å²) in [6.07, 6.45) is 7.24. The second-order valence-electron chi connectivity index (χ2n) is 7.02. The van der Waals surface area contributed by atoms with E-state index in [1.165, 1.54) is 30.9 Å². The van der Waals surface area contributed by atoms with Crippen molar-refractivity contribution in [3.05, 3.63) is 47.7 Å². The molecule has 1 aromatic carbocycles. The summed E-state index contributed by atoms with van der Waals surface area (Å²) < 4.78 is 0. The molecule has 1 aromatic rings. The van der Waals surface area contributed by atoms with Gasteiger partial charge in [0, 0.05) is 12.8 Å². The zero-order chi connectivity index (χ0) is 18.1. The van der Waals surface area contributed by atoms with Crippen LogP contribution in [-0.4, -0.2) is 33.3 Å². The number of Topliss-reactive ketones (excluding diaryl/α,β-unsaturated/α-hetero) is 1. The van der Waals surface area contributed by atoms with Crippen molar-refractivity contribution in [1.29, 1.82) is 0 Å². The minimum absolute atomic E-state index is 0.0421. The minimum atomic E-state index is -1.07. The normalized spacial score (nSPS) is 23.3. The van der Waals surface area contributed by atoms with Crippen LogP contribution in [0.5, 0.6) is 0 Å². The zero-order valence-corrected chi connectivity index (χ0v) is 14.8. The third kappa shape index (κ3) is 6.63. The molecule has 0 fully saturated rings. The molecule has 0 unspecified atom stereocenters. The van der Waals surface area contributed by atoms with Gasteiger partial charge in [-0.2, -0.15) is 0 Å². The Labute approximate surface area is 150 Å². The van der Waals surface area contributed by atoms with Crippen LogP contribution in [0.4, 0.5) is 0 Å². The maximum absolute atomic E-state index is 12.2. The van der Waals surface area contributed by atoms with E-state index >= 15 is 0 Å². The summed E-state index contributed by atoms with van der Waals surface area (Å²) in [5, 5.41) is 29.1. The summed E-state index contributed by atoms with van der Waals surface area (Å²) >= 11 is 0. The van der Waals surface area contributed by atoms with Gasteiger partial charge in [-0.15, -0.1) is 0 Å². The number of benzene rings is 1. The van der Waals surface area contributed by atoms with E-state index < -0.39 is 18.1 Å². The molecule has 4 nitrogen and oxygen atoms in total. The lowest BCUT2D eigenvalue weighted by Gasteiger charge is -2.28. The van der Waals surface area contributed by atoms with Crippen molar-refractivity contribution in [3.8, 4) is 0 Å². The minimum Gasteiger partial charge on any atom is -0.512 e. The topological polar surface area (TPSA) is 77.8 Å². The number of aryl methyl sites for hydroxylation is 1. The number of hydrogen-bond donors (Lipinski definition) is 3. The van der Waals surface area contributed by atoms with Crippen molar-refractivity contribution in [2.45, 2.75) is 70.0 Å². The molecule has 0 spiro atoms. The van der Waals surface area contributed by atoms with Crippen molar-refractivity contribution in [2.75, 3.05) is 0 Å². The fourth-order valence-corrected chi connectivity index (χ4v) is 3.49. The third-order valence-corrected chi connectivity index (χ3v) is 4.92. The first-order valence-electron chi connectivity index (χ1n) is 9.40. The first kappa shape index (κ1) is 19.7. The molecule has 4 heteroatoms. The molecule has 0 aromatic heterocycles. The van der Waals surface area contributed by atoms with Gasteiger partial charge < -0.3 is 15.3 Å². The van der Waals surface area contributed by atoms with Gasteiger partial charge in [0.25, 0.3) is 0 Å². The van der Waals surface area contributed by atoms with Crippen LogP contribution >= 0.6 is 0 Å². The first-order valence-corrected chi connectivity index (χ1v) is 9.40. The second kappa shape index (κ2) is 10.4. The van der Waals surface area contributed by atoms with Gasteiger partial charge >= 0.3 is 0 Å². The molecule has 0 saturated carbocycles. The average molecular weight is 346 g/mol. The number of rotatable bonds is 10. The number of aliphatic hydroxyl groups is 3. The molecule has 138 valence electrons. The van der Waals surface area contributed by atoms with E-state index in [4.69, 9.17) is 0 Å². The summed E-state index contributed by atoms with van der Waals surface area (Å²) in [5.74, 6) is -0.936. The lowest BCUT2D eigenvalue weighted by molar-refractivity contribution is -0.131. The lowest BCUT2D eigenvalue weighted by atomic mass is 9.83. The Morgan fingerprint density at radius 3 is 2.28 bits per heavy atom. The molecule has 1 aliphatic rings. The van der Waals surface area contributed by atoms with Crippen LogP contribution in [0, 0.1) is 5.92 Å². The predicted octanol–water partition coefficient (Wildman–Crippen LogP) is 3.71. The van der Waals surface area contributed by atoms with Gasteiger partial charge in [-0.05, 0) is 30.9 Å². The molecule has 1 aliphatic carbocycles. The zero-order valence-electron chi connectivity index (χ0n) is 14.8. The SMILES string of the molecule is O=C(CCCCCCCCc1ccccc1)[C@@H]1[C@H](O)C=C(O)C[C@@H]1O. The van der Waals surface area contributed by atoms with Crippen molar-refractivity contribution in [2.24, 2.45) is 5.92 Å². The standard InChI is InChI=1S/C21H30O4/c22-17-14-19(24)21(20(25)15-17)18(23)13-9-4-2-1-3-6-10-16-11-7-5-8-12-16/h5,7-8,11-12,14,19-22,24-25H,1-4,6,9-10,13,15H2/t19-,20+,21-/m1/s1. The monoisotopic (exact) mass is 346 g/mol. The predicted molar refractivity (Wildman–Crippen MR) is 98.3 cm³/mol. The van der Waals surface area contributed by atoms with Gasteiger partial charge in [0.05, 0.1) is 23.9 Å². The van der Waals surface area contributed by atoms with Gasteiger partial charge in [0.15, 0.2) is 0 Å². The van der Waals surface area contributed by atoms with E-state index in [2.05, 4.69) is 24.3 Å². The highest BCUT2D eigenvalue weighted by atomic mass is 16.3. The Hall–Kier alpha value is -1.65. The van der Waals surface area contributed by atoms with Crippen LogP contribution in [0.3, 0.4) is 0 Å². The molecule has 0 amide bonds. The summed E-state index contributed by atoms with van der Waals surface area (Å²) in [6, 6.07) is 10.5. The smallest absolute Gasteiger partial charge is 0.141 e. The van der Waals surface area contributed by atoms with Crippen LogP contribution in [0.15, 0.2) is 42.2 Å². The number of ketones is 1. The average Bonchev–Trinajstić information content (AvgIpc) is 2.57. The maximum atomic E-state index is 12.2. The Morgan fingerprint density at radius 1 is 0.960 bits per heavy atom. The molecule has 25 heavy (non-hydrogen) atoms. The second-order valence-corrected chi connectivity index (χ2v) is 7.02. The molecule has 0 heterocycles. The summed E-state index contributed by atoms with van der Waals surface area (Å²) in [4.78, 5) is 12.2. The fraction of sp³-hybridized carbons (Fsp3) is 0.571. The summed E-state index contributed by atoms with van der Waals surface area (Å²) in [7, 11) is 0. The van der Waals surface area contributed by atoms with Crippen LogP contribution < -0.4 is 0 Å². The Kier molecular flexibility index (Phi) is 8.16. The van der Waals surface area contributed by atoms with E-state index in [1.807, 2.05) is 6.07 Å². The number of unbranched alkanes of at least 4 members (excludes halogenated alkanes) is 5. The molecule has 3 atom stereocenters. The number of carbonyl (C=O) groups is 1. The molecule has 0 aliphatic heterocycles. The Morgan fingerprint density at radius 2 is 1.60 bits per heavy atom. The van der Waals surface area contributed by atoms with Crippen LogP contribution in [0.25, 0.3) is 0 Å². The molecule has 0 saturated heterocycles. The molecular formula is C21H30O4. The lowest BCUT2D eigenvalue weighted by Crippen LogP contribution is -2.40. The molecular weight excluding hydrogens is 316 g/mol. The highest BCUT2D eigenvalue weighted by Gasteiger charge is 2.35. The van der Waals surface area contributed by atoms with Crippen LogP contribution in [0.2, 0.25) is 0 Å². The van der Waals surface area contributed by atoms with Crippen molar-refractivity contribution in [1.82, 2.24) is 0 Å². The Balaban J connectivity index is 1.53. The maximum Gasteiger partial charge on any atom is 0.141 e. The van der Waals surface area contributed by atoms with Gasteiger partial charge in [0.2, 0.25) is 0 Å². The number of hydrogen-bond acceptors (Lipinski definition) is 4. The molecule has 3 N–H and O–H groups in total. The van der Waals surface area contributed by atoms with E-state index in [9.17, 15) is 20.1 Å². The highest BCUT2D eigenvalue weighted by molar-refractivity contribution is 5.82. The van der Waals surface area contributed by atoms with Gasteiger partial charge in [-0.3, -0.25) is 4.79 Å².